The Labute approximate surface area is 117 Å². The van der Waals surface area contributed by atoms with Gasteiger partial charge in [-0.1, -0.05) is 23.2 Å². The number of hydrogen-bond acceptors (Lipinski definition) is 3. The van der Waals surface area contributed by atoms with Gasteiger partial charge in [-0.05, 0) is 32.0 Å². The summed E-state index contributed by atoms with van der Waals surface area (Å²) in [4.78, 5) is 6.52. The summed E-state index contributed by atoms with van der Waals surface area (Å²) in [5.74, 6) is 0. The van der Waals surface area contributed by atoms with Crippen LogP contribution in [-0.2, 0) is 4.74 Å². The third-order valence-corrected chi connectivity index (χ3v) is 3.64. The fourth-order valence-corrected chi connectivity index (χ4v) is 2.22. The molecule has 5 heteroatoms. The first kappa shape index (κ1) is 13.5. The Morgan fingerprint density at radius 2 is 2.17 bits per heavy atom. The van der Waals surface area contributed by atoms with Gasteiger partial charge < -0.3 is 9.64 Å². The second kappa shape index (κ2) is 5.81. The molecular weight excluding hydrogens is 271 g/mol. The molecule has 1 atom stereocenters. The molecule has 1 aromatic carbocycles. The third kappa shape index (κ3) is 3.09. The summed E-state index contributed by atoms with van der Waals surface area (Å²) < 4.78 is 5.15. The van der Waals surface area contributed by atoms with Gasteiger partial charge in [-0.2, -0.15) is 0 Å². The number of benzene rings is 1. The largest absolute Gasteiger partial charge is 0.481 e. The average molecular weight is 287 g/mol. The molecular formula is C13H16Cl2N2O. The van der Waals surface area contributed by atoms with Crippen LogP contribution >= 0.6 is 23.2 Å². The van der Waals surface area contributed by atoms with Crippen LogP contribution in [0.1, 0.15) is 13.8 Å². The fraction of sp³-hybridized carbons (Fsp3) is 0.462. The molecule has 0 aromatic heterocycles. The molecule has 0 spiro atoms. The predicted octanol–water partition coefficient (Wildman–Crippen LogP) is 3.64. The van der Waals surface area contributed by atoms with Crippen molar-refractivity contribution in [2.24, 2.45) is 4.99 Å². The first-order valence-electron chi connectivity index (χ1n) is 5.93. The number of ether oxygens (including phenoxy) is 1. The Morgan fingerprint density at radius 1 is 1.39 bits per heavy atom. The Bertz CT molecular complexity index is 449. The molecule has 1 aliphatic rings. The first-order valence-corrected chi connectivity index (χ1v) is 6.68. The molecule has 0 amide bonds. The van der Waals surface area contributed by atoms with Crippen molar-refractivity contribution in [1.82, 2.24) is 0 Å². The van der Waals surface area contributed by atoms with Crippen LogP contribution in [0.15, 0.2) is 23.2 Å². The summed E-state index contributed by atoms with van der Waals surface area (Å²) in [5.41, 5.74) is 1.06. The van der Waals surface area contributed by atoms with E-state index in [-0.39, 0.29) is 6.04 Å². The second-order valence-corrected chi connectivity index (χ2v) is 5.40. The van der Waals surface area contributed by atoms with Gasteiger partial charge in [-0.3, -0.25) is 0 Å². The minimum absolute atomic E-state index is 0.182. The zero-order valence-corrected chi connectivity index (χ0v) is 11.9. The van der Waals surface area contributed by atoms with Crippen LogP contribution < -0.4 is 4.90 Å². The van der Waals surface area contributed by atoms with E-state index in [9.17, 15) is 0 Å². The zero-order valence-electron chi connectivity index (χ0n) is 10.4. The second-order valence-electron chi connectivity index (χ2n) is 4.59. The van der Waals surface area contributed by atoms with Crippen LogP contribution in [0, 0.1) is 0 Å². The SMILES string of the molecule is CC(C)N(CC1COC=N1)c1ccc(Cl)c(Cl)c1. The maximum absolute atomic E-state index is 6.07. The van der Waals surface area contributed by atoms with Gasteiger partial charge in [0.15, 0.2) is 6.40 Å². The Kier molecular flexibility index (Phi) is 4.36. The van der Waals surface area contributed by atoms with Gasteiger partial charge >= 0.3 is 0 Å². The molecule has 0 saturated heterocycles. The molecule has 3 nitrogen and oxygen atoms in total. The lowest BCUT2D eigenvalue weighted by Gasteiger charge is -2.30. The lowest BCUT2D eigenvalue weighted by molar-refractivity contribution is 0.326. The molecule has 0 fully saturated rings. The molecule has 1 unspecified atom stereocenters. The zero-order chi connectivity index (χ0) is 13.1. The highest BCUT2D eigenvalue weighted by Gasteiger charge is 2.19. The van der Waals surface area contributed by atoms with E-state index in [2.05, 4.69) is 23.7 Å². The molecule has 1 aromatic rings. The van der Waals surface area contributed by atoms with Crippen molar-refractivity contribution < 1.29 is 4.74 Å². The summed E-state index contributed by atoms with van der Waals surface area (Å²) >= 11 is 12.0. The molecule has 0 aliphatic carbocycles. The monoisotopic (exact) mass is 286 g/mol. The van der Waals surface area contributed by atoms with Crippen LogP contribution in [0.4, 0.5) is 5.69 Å². The summed E-state index contributed by atoms with van der Waals surface area (Å²) in [6.07, 6.45) is 1.53. The highest BCUT2D eigenvalue weighted by Crippen LogP contribution is 2.28. The van der Waals surface area contributed by atoms with Crippen LogP contribution in [0.3, 0.4) is 0 Å². The first-order chi connectivity index (χ1) is 8.58. The maximum atomic E-state index is 6.07. The van der Waals surface area contributed by atoms with E-state index >= 15 is 0 Å². The fourth-order valence-electron chi connectivity index (χ4n) is 1.93. The minimum Gasteiger partial charge on any atom is -0.481 e. The van der Waals surface area contributed by atoms with Crippen molar-refractivity contribution in [2.45, 2.75) is 25.9 Å². The van der Waals surface area contributed by atoms with Crippen LogP contribution in [0.2, 0.25) is 10.0 Å². The van der Waals surface area contributed by atoms with Crippen molar-refractivity contribution >= 4 is 35.3 Å². The highest BCUT2D eigenvalue weighted by atomic mass is 35.5. The summed E-state index contributed by atoms with van der Waals surface area (Å²) in [6.45, 7) is 5.74. The maximum Gasteiger partial charge on any atom is 0.169 e. The lowest BCUT2D eigenvalue weighted by atomic mass is 10.2. The Hall–Kier alpha value is -0.930. The van der Waals surface area contributed by atoms with E-state index in [0.29, 0.717) is 22.7 Å². The van der Waals surface area contributed by atoms with E-state index in [4.69, 9.17) is 27.9 Å². The van der Waals surface area contributed by atoms with Gasteiger partial charge in [0.2, 0.25) is 0 Å². The van der Waals surface area contributed by atoms with E-state index in [0.717, 1.165) is 12.2 Å². The molecule has 0 radical (unpaired) electrons. The highest BCUT2D eigenvalue weighted by molar-refractivity contribution is 6.42. The molecule has 1 heterocycles. The van der Waals surface area contributed by atoms with Crippen molar-refractivity contribution in [1.29, 1.82) is 0 Å². The molecule has 1 aliphatic heterocycles. The van der Waals surface area contributed by atoms with Gasteiger partial charge in [0.25, 0.3) is 0 Å². The van der Waals surface area contributed by atoms with Gasteiger partial charge in [-0.15, -0.1) is 0 Å². The number of nitrogens with zero attached hydrogens (tertiary/aromatic N) is 2. The molecule has 0 N–H and O–H groups in total. The lowest BCUT2D eigenvalue weighted by Crippen LogP contribution is -2.37. The summed E-state index contributed by atoms with van der Waals surface area (Å²) in [5, 5.41) is 1.15. The van der Waals surface area contributed by atoms with Crippen molar-refractivity contribution in [3.05, 3.63) is 28.2 Å². The normalized spacial score (nSPS) is 18.2. The van der Waals surface area contributed by atoms with Gasteiger partial charge in [0.05, 0.1) is 10.0 Å². The Morgan fingerprint density at radius 3 is 2.72 bits per heavy atom. The van der Waals surface area contributed by atoms with Crippen molar-refractivity contribution in [3.63, 3.8) is 0 Å². The average Bonchev–Trinajstić information content (AvgIpc) is 2.82. The minimum atomic E-state index is 0.182. The third-order valence-electron chi connectivity index (χ3n) is 2.90. The summed E-state index contributed by atoms with van der Waals surface area (Å²) in [7, 11) is 0. The molecule has 0 bridgehead atoms. The molecule has 0 saturated carbocycles. The van der Waals surface area contributed by atoms with Gasteiger partial charge in [0.1, 0.15) is 12.6 Å². The quantitative estimate of drug-likeness (QED) is 0.844. The smallest absolute Gasteiger partial charge is 0.169 e. The molecule has 2 rings (SSSR count). The van der Waals surface area contributed by atoms with Crippen molar-refractivity contribution in [2.75, 3.05) is 18.1 Å². The van der Waals surface area contributed by atoms with Gasteiger partial charge in [-0.25, -0.2) is 4.99 Å². The Balaban J connectivity index is 2.17. The van der Waals surface area contributed by atoms with E-state index in [1.165, 1.54) is 6.40 Å². The number of anilines is 1. The predicted molar refractivity (Wildman–Crippen MR) is 77.2 cm³/mol. The molecule has 18 heavy (non-hydrogen) atoms. The van der Waals surface area contributed by atoms with E-state index in [1.807, 2.05) is 18.2 Å². The number of halogens is 2. The van der Waals surface area contributed by atoms with E-state index in [1.54, 1.807) is 0 Å². The van der Waals surface area contributed by atoms with E-state index < -0.39 is 0 Å². The van der Waals surface area contributed by atoms with Crippen LogP contribution in [-0.4, -0.2) is 31.6 Å². The van der Waals surface area contributed by atoms with Crippen LogP contribution in [0.25, 0.3) is 0 Å². The van der Waals surface area contributed by atoms with Gasteiger partial charge in [0, 0.05) is 18.3 Å². The molecule has 98 valence electrons. The number of hydrogen-bond donors (Lipinski definition) is 0. The number of aliphatic imine (C=N–C) groups is 1. The topological polar surface area (TPSA) is 24.8 Å². The van der Waals surface area contributed by atoms with Crippen molar-refractivity contribution in [3.8, 4) is 0 Å². The van der Waals surface area contributed by atoms with Crippen LogP contribution in [0.5, 0.6) is 0 Å². The standard InChI is InChI=1S/C13H16Cl2N2O/c1-9(2)17(6-10-7-18-8-16-10)11-3-4-12(14)13(15)5-11/h3-5,8-10H,6-7H2,1-2H3. The summed E-state index contributed by atoms with van der Waals surface area (Å²) in [6, 6.07) is 6.24. The number of rotatable bonds is 4.